The zero-order chi connectivity index (χ0) is 9.80. The van der Waals surface area contributed by atoms with Crippen molar-refractivity contribution in [2.24, 2.45) is 0 Å². The molecule has 6 heteroatoms. The van der Waals surface area contributed by atoms with Crippen LogP contribution in [0.5, 0.6) is 0 Å². The second-order valence-electron chi connectivity index (χ2n) is 3.61. The summed E-state index contributed by atoms with van der Waals surface area (Å²) in [5.74, 6) is 0. The van der Waals surface area contributed by atoms with Crippen LogP contribution >= 0.6 is 0 Å². The third-order valence-electron chi connectivity index (χ3n) is 2.83. The van der Waals surface area contributed by atoms with Gasteiger partial charge in [0.05, 0.1) is 6.61 Å². The fourth-order valence-electron chi connectivity index (χ4n) is 1.75. The lowest BCUT2D eigenvalue weighted by Gasteiger charge is -2.40. The van der Waals surface area contributed by atoms with Crippen molar-refractivity contribution in [2.45, 2.75) is 36.1 Å². The van der Waals surface area contributed by atoms with Crippen molar-refractivity contribution in [3.63, 3.8) is 0 Å². The van der Waals surface area contributed by atoms with Gasteiger partial charge in [0.15, 0.2) is 0 Å². The molecule has 2 rings (SSSR count). The minimum absolute atomic E-state index is 0.0795. The first-order chi connectivity index (χ1) is 6.00. The van der Waals surface area contributed by atoms with E-state index in [2.05, 4.69) is 0 Å². The maximum atomic E-state index is 9.42. The Morgan fingerprint density at radius 1 is 0.846 bits per heavy atom. The predicted molar refractivity (Wildman–Crippen MR) is 38.7 cm³/mol. The Labute approximate surface area is 74.0 Å². The van der Waals surface area contributed by atoms with Gasteiger partial charge in [-0.25, -0.2) is 0 Å². The van der Waals surface area contributed by atoms with Crippen LogP contribution < -0.4 is 0 Å². The molecular formula is C7H12O6. The summed E-state index contributed by atoms with van der Waals surface area (Å²) in [6, 6.07) is 0. The van der Waals surface area contributed by atoms with Crippen molar-refractivity contribution in [1.82, 2.24) is 0 Å². The number of hydrogen-bond acceptors (Lipinski definition) is 6. The SMILES string of the molecule is OC1[C@@H](O)[C@@H](O)C2(CO2)[C@H](O)[C@@H]1O. The van der Waals surface area contributed by atoms with E-state index in [0.29, 0.717) is 0 Å². The molecule has 13 heavy (non-hydrogen) atoms. The summed E-state index contributed by atoms with van der Waals surface area (Å²) < 4.78 is 4.82. The Balaban J connectivity index is 2.24. The van der Waals surface area contributed by atoms with E-state index in [1.807, 2.05) is 0 Å². The molecule has 1 aliphatic heterocycles. The second-order valence-corrected chi connectivity index (χ2v) is 3.61. The Bertz CT molecular complexity index is 197. The van der Waals surface area contributed by atoms with Crippen LogP contribution in [0.3, 0.4) is 0 Å². The van der Waals surface area contributed by atoms with E-state index in [9.17, 15) is 25.5 Å². The van der Waals surface area contributed by atoms with Gasteiger partial charge in [0.1, 0.15) is 36.1 Å². The number of hydrogen-bond donors (Lipinski definition) is 5. The second kappa shape index (κ2) is 2.63. The van der Waals surface area contributed by atoms with Crippen LogP contribution in [0.2, 0.25) is 0 Å². The highest BCUT2D eigenvalue weighted by Crippen LogP contribution is 2.42. The quantitative estimate of drug-likeness (QED) is 0.255. The van der Waals surface area contributed by atoms with Crippen LogP contribution in [-0.2, 0) is 4.74 Å². The largest absolute Gasteiger partial charge is 0.387 e. The molecular weight excluding hydrogens is 180 g/mol. The van der Waals surface area contributed by atoms with E-state index in [1.54, 1.807) is 0 Å². The van der Waals surface area contributed by atoms with Crippen LogP contribution in [0.4, 0.5) is 0 Å². The highest BCUT2D eigenvalue weighted by Gasteiger charge is 2.66. The summed E-state index contributed by atoms with van der Waals surface area (Å²) >= 11 is 0. The Hall–Kier alpha value is -0.240. The Morgan fingerprint density at radius 2 is 1.23 bits per heavy atom. The number of aliphatic hydroxyl groups excluding tert-OH is 5. The molecule has 0 radical (unpaired) electrons. The average Bonchev–Trinajstić information content (AvgIpc) is 2.91. The Kier molecular flexibility index (Phi) is 1.88. The van der Waals surface area contributed by atoms with Crippen molar-refractivity contribution >= 4 is 0 Å². The topological polar surface area (TPSA) is 114 Å². The van der Waals surface area contributed by atoms with E-state index in [0.717, 1.165) is 0 Å². The average molecular weight is 192 g/mol. The normalized spacial score (nSPS) is 61.2. The molecule has 4 atom stereocenters. The molecule has 2 fully saturated rings. The summed E-state index contributed by atoms with van der Waals surface area (Å²) in [4.78, 5) is 0. The molecule has 1 saturated heterocycles. The van der Waals surface area contributed by atoms with Gasteiger partial charge in [-0.2, -0.15) is 0 Å². The molecule has 0 aromatic heterocycles. The van der Waals surface area contributed by atoms with Crippen LogP contribution in [0.25, 0.3) is 0 Å². The lowest BCUT2D eigenvalue weighted by molar-refractivity contribution is -0.209. The molecule has 1 heterocycles. The third-order valence-corrected chi connectivity index (χ3v) is 2.83. The fraction of sp³-hybridized carbons (Fsp3) is 1.00. The minimum Gasteiger partial charge on any atom is -0.387 e. The number of epoxide rings is 1. The van der Waals surface area contributed by atoms with Gasteiger partial charge in [-0.3, -0.25) is 0 Å². The minimum atomic E-state index is -1.54. The van der Waals surface area contributed by atoms with Gasteiger partial charge in [-0.1, -0.05) is 0 Å². The molecule has 0 aromatic rings. The maximum Gasteiger partial charge on any atom is 0.148 e. The number of aliphatic hydroxyl groups is 5. The molecule has 2 aliphatic rings. The van der Waals surface area contributed by atoms with Gasteiger partial charge in [0.2, 0.25) is 0 Å². The standard InChI is InChI=1S/C7H12O6/c8-2-3(9)5(11)7(1-13-7)6(12)4(2)10/h2-6,8-12H,1H2/t2?,3-,4-,5-,6-,7?/m1/s1. The van der Waals surface area contributed by atoms with E-state index >= 15 is 0 Å². The van der Waals surface area contributed by atoms with E-state index in [1.165, 1.54) is 0 Å². The van der Waals surface area contributed by atoms with Crippen LogP contribution in [-0.4, -0.2) is 68.3 Å². The van der Waals surface area contributed by atoms with Gasteiger partial charge in [0, 0.05) is 0 Å². The van der Waals surface area contributed by atoms with Crippen molar-refractivity contribution in [3.8, 4) is 0 Å². The van der Waals surface area contributed by atoms with Crippen molar-refractivity contribution < 1.29 is 30.3 Å². The van der Waals surface area contributed by atoms with Crippen molar-refractivity contribution in [1.29, 1.82) is 0 Å². The third kappa shape index (κ3) is 1.04. The van der Waals surface area contributed by atoms with Crippen molar-refractivity contribution in [2.75, 3.05) is 6.61 Å². The number of rotatable bonds is 0. The monoisotopic (exact) mass is 192 g/mol. The van der Waals surface area contributed by atoms with E-state index in [-0.39, 0.29) is 6.61 Å². The van der Waals surface area contributed by atoms with Crippen LogP contribution in [0.1, 0.15) is 0 Å². The first-order valence-electron chi connectivity index (χ1n) is 4.05. The highest BCUT2D eigenvalue weighted by molar-refractivity contribution is 5.15. The molecule has 0 bridgehead atoms. The molecule has 0 amide bonds. The lowest BCUT2D eigenvalue weighted by atomic mass is 9.78. The number of ether oxygens (including phenoxy) is 1. The van der Waals surface area contributed by atoms with Gasteiger partial charge in [-0.05, 0) is 0 Å². The van der Waals surface area contributed by atoms with Gasteiger partial charge in [0.25, 0.3) is 0 Å². The van der Waals surface area contributed by atoms with Gasteiger partial charge >= 0.3 is 0 Å². The van der Waals surface area contributed by atoms with Crippen molar-refractivity contribution in [3.05, 3.63) is 0 Å². The molecule has 1 aliphatic carbocycles. The molecule has 0 aromatic carbocycles. The fourth-order valence-corrected chi connectivity index (χ4v) is 1.75. The molecule has 1 spiro atoms. The van der Waals surface area contributed by atoms with E-state index in [4.69, 9.17) is 4.74 Å². The molecule has 5 N–H and O–H groups in total. The summed E-state index contributed by atoms with van der Waals surface area (Å²) in [5.41, 5.74) is -1.28. The summed E-state index contributed by atoms with van der Waals surface area (Å²) in [6.45, 7) is 0.0795. The Morgan fingerprint density at radius 3 is 1.54 bits per heavy atom. The smallest absolute Gasteiger partial charge is 0.148 e. The van der Waals surface area contributed by atoms with Crippen LogP contribution in [0, 0.1) is 0 Å². The highest BCUT2D eigenvalue weighted by atomic mass is 16.6. The molecule has 0 unspecified atom stereocenters. The molecule has 76 valence electrons. The predicted octanol–water partition coefficient (Wildman–Crippen LogP) is -3.43. The summed E-state index contributed by atoms with van der Waals surface area (Å²) in [5, 5.41) is 46.5. The lowest BCUT2D eigenvalue weighted by Crippen LogP contribution is -2.65. The van der Waals surface area contributed by atoms with E-state index < -0.39 is 36.1 Å². The summed E-state index contributed by atoms with van der Waals surface area (Å²) in [6.07, 6.45) is -7.23. The van der Waals surface area contributed by atoms with Crippen LogP contribution in [0.15, 0.2) is 0 Å². The first-order valence-corrected chi connectivity index (χ1v) is 4.05. The van der Waals surface area contributed by atoms with Gasteiger partial charge in [-0.15, -0.1) is 0 Å². The first kappa shape index (κ1) is 9.32. The zero-order valence-corrected chi connectivity index (χ0v) is 6.74. The molecule has 6 nitrogen and oxygen atoms in total. The van der Waals surface area contributed by atoms with Gasteiger partial charge < -0.3 is 30.3 Å². The maximum absolute atomic E-state index is 9.42. The zero-order valence-electron chi connectivity index (χ0n) is 6.74. The summed E-state index contributed by atoms with van der Waals surface area (Å²) in [7, 11) is 0. The molecule has 1 saturated carbocycles.